The van der Waals surface area contributed by atoms with Gasteiger partial charge >= 0.3 is 0 Å². The minimum absolute atomic E-state index is 0.0340. The maximum atomic E-state index is 10.1. The zero-order valence-corrected chi connectivity index (χ0v) is 9.39. The Morgan fingerprint density at radius 3 is 2.73 bits per heavy atom. The summed E-state index contributed by atoms with van der Waals surface area (Å²) in [6, 6.07) is 0. The first-order chi connectivity index (χ1) is 7.11. The van der Waals surface area contributed by atoms with E-state index in [0.717, 1.165) is 12.8 Å². The Hall–Kier alpha value is -1.36. The van der Waals surface area contributed by atoms with E-state index in [1.54, 1.807) is 0 Å². The molecule has 0 heterocycles. The molecule has 0 aliphatic carbocycles. The number of carbonyl (C=O) groups is 1. The quantitative estimate of drug-likeness (QED) is 0.316. The van der Waals surface area contributed by atoms with Gasteiger partial charge in [0.15, 0.2) is 12.0 Å². The van der Waals surface area contributed by atoms with E-state index in [1.165, 1.54) is 6.26 Å². The van der Waals surface area contributed by atoms with Crippen LogP contribution in [0.2, 0.25) is 0 Å². The van der Waals surface area contributed by atoms with Crippen LogP contribution in [0, 0.1) is 10.8 Å². The summed E-state index contributed by atoms with van der Waals surface area (Å²) >= 11 is 0.712. The highest BCUT2D eigenvalue weighted by molar-refractivity contribution is 8.28. The van der Waals surface area contributed by atoms with Gasteiger partial charge < -0.3 is 4.74 Å². The molecule has 5 heteroatoms. The predicted molar refractivity (Wildman–Crippen MR) is 63.4 cm³/mol. The fourth-order valence-corrected chi connectivity index (χ4v) is 1.04. The van der Waals surface area contributed by atoms with Crippen molar-refractivity contribution >= 4 is 28.1 Å². The van der Waals surface area contributed by atoms with Gasteiger partial charge in [0.05, 0.1) is 6.26 Å². The molecule has 0 amide bonds. The van der Waals surface area contributed by atoms with Gasteiger partial charge in [0, 0.05) is 0 Å². The second-order valence-corrected chi connectivity index (χ2v) is 3.67. The Balaban J connectivity index is 3.94. The van der Waals surface area contributed by atoms with Crippen molar-refractivity contribution in [3.05, 3.63) is 24.7 Å². The molecule has 0 radical (unpaired) electrons. The average molecular weight is 226 g/mol. The van der Waals surface area contributed by atoms with Crippen molar-refractivity contribution in [2.75, 3.05) is 0 Å². The molecular formula is C10H14N2O2S. The van der Waals surface area contributed by atoms with E-state index in [1.807, 2.05) is 13.0 Å². The number of nitrogens with one attached hydrogen (secondary N) is 2. The number of carbonyl (C=O) groups excluding carboxylic acids is 1. The Morgan fingerprint density at radius 2 is 2.20 bits per heavy atom. The third-order valence-electron chi connectivity index (χ3n) is 1.33. The topological polar surface area (TPSA) is 74.0 Å². The first-order valence-electron chi connectivity index (χ1n) is 4.42. The first-order valence-corrected chi connectivity index (χ1v) is 5.24. The monoisotopic (exact) mass is 226 g/mol. The van der Waals surface area contributed by atoms with Gasteiger partial charge in [-0.15, -0.1) is 0 Å². The lowest BCUT2D eigenvalue weighted by atomic mass is 10.3. The third kappa shape index (κ3) is 6.68. The molecule has 4 nitrogen and oxygen atoms in total. The summed E-state index contributed by atoms with van der Waals surface area (Å²) in [5.41, 5.74) is 0. The summed E-state index contributed by atoms with van der Waals surface area (Å²) in [6.07, 6.45) is 5.59. The molecule has 2 N–H and O–H groups in total. The van der Waals surface area contributed by atoms with Crippen LogP contribution in [0.3, 0.4) is 0 Å². The molecule has 0 unspecified atom stereocenters. The summed E-state index contributed by atoms with van der Waals surface area (Å²) < 4.78 is 5.02. The van der Waals surface area contributed by atoms with E-state index in [4.69, 9.17) is 15.6 Å². The molecule has 0 bridgehead atoms. The van der Waals surface area contributed by atoms with Crippen LogP contribution in [0.25, 0.3) is 0 Å². The number of hydrogen-bond acceptors (Lipinski definition) is 5. The van der Waals surface area contributed by atoms with Crippen LogP contribution in [0.15, 0.2) is 24.7 Å². The zero-order valence-electron chi connectivity index (χ0n) is 8.58. The number of hydrogen-bond donors (Lipinski definition) is 2. The summed E-state index contributed by atoms with van der Waals surface area (Å²) in [6.45, 7) is 5.55. The lowest BCUT2D eigenvalue weighted by molar-refractivity contribution is -0.102. The standard InChI is InChI=1S/C10H14N2O2S/c1-3-4-5-6-14-8(2)10(12)15-9(11)7-13/h5-7,11-12H,2-4H2,1H3/b6-5-,11-9?,12-10?. The van der Waals surface area contributed by atoms with Crippen LogP contribution in [0.5, 0.6) is 0 Å². The smallest absolute Gasteiger partial charge is 0.174 e. The number of ether oxygens (including phenoxy) is 1. The van der Waals surface area contributed by atoms with Gasteiger partial charge in [0.1, 0.15) is 10.1 Å². The second-order valence-electron chi connectivity index (χ2n) is 2.61. The molecule has 0 aromatic heterocycles. The number of aldehydes is 1. The summed E-state index contributed by atoms with van der Waals surface area (Å²) in [7, 11) is 0. The summed E-state index contributed by atoms with van der Waals surface area (Å²) in [5.74, 6) is 0.138. The second kappa shape index (κ2) is 7.99. The van der Waals surface area contributed by atoms with E-state index >= 15 is 0 Å². The maximum Gasteiger partial charge on any atom is 0.174 e. The lowest BCUT2D eigenvalue weighted by Gasteiger charge is -2.03. The third-order valence-corrected chi connectivity index (χ3v) is 2.08. The number of thioether (sulfide) groups is 1. The lowest BCUT2D eigenvalue weighted by Crippen LogP contribution is -2.02. The molecule has 0 atom stereocenters. The highest BCUT2D eigenvalue weighted by Crippen LogP contribution is 2.11. The van der Waals surface area contributed by atoms with Gasteiger partial charge in [0.2, 0.25) is 0 Å². The van der Waals surface area contributed by atoms with Crippen molar-refractivity contribution in [3.8, 4) is 0 Å². The van der Waals surface area contributed by atoms with E-state index in [-0.39, 0.29) is 15.8 Å². The van der Waals surface area contributed by atoms with Crippen LogP contribution in [0.4, 0.5) is 0 Å². The Bertz CT molecular complexity index is 298. The molecule has 0 saturated carbocycles. The van der Waals surface area contributed by atoms with Crippen molar-refractivity contribution in [3.63, 3.8) is 0 Å². The Kier molecular flexibility index (Phi) is 7.27. The molecule has 0 aliphatic heterocycles. The van der Waals surface area contributed by atoms with Crippen LogP contribution >= 0.6 is 11.8 Å². The fraction of sp³-hybridized carbons (Fsp3) is 0.300. The molecule has 0 aromatic carbocycles. The highest BCUT2D eigenvalue weighted by Gasteiger charge is 2.06. The maximum absolute atomic E-state index is 10.1. The minimum atomic E-state index is -0.234. The molecule has 82 valence electrons. The molecular weight excluding hydrogens is 212 g/mol. The van der Waals surface area contributed by atoms with Gasteiger partial charge in [-0.1, -0.05) is 19.9 Å². The van der Waals surface area contributed by atoms with Crippen molar-refractivity contribution in [1.29, 1.82) is 10.8 Å². The summed E-state index contributed by atoms with van der Waals surface area (Å²) in [4.78, 5) is 10.1. The molecule has 0 fully saturated rings. The Morgan fingerprint density at radius 1 is 1.53 bits per heavy atom. The average Bonchev–Trinajstić information content (AvgIpc) is 2.23. The molecule has 0 spiro atoms. The van der Waals surface area contributed by atoms with Crippen molar-refractivity contribution in [2.45, 2.75) is 19.8 Å². The molecule has 0 rings (SSSR count). The van der Waals surface area contributed by atoms with Crippen LogP contribution in [-0.4, -0.2) is 16.4 Å². The van der Waals surface area contributed by atoms with Gasteiger partial charge in [-0.25, -0.2) is 0 Å². The molecule has 0 aliphatic rings. The van der Waals surface area contributed by atoms with Crippen molar-refractivity contribution in [1.82, 2.24) is 0 Å². The minimum Gasteiger partial charge on any atom is -0.463 e. The fourth-order valence-electron chi connectivity index (χ4n) is 0.609. The highest BCUT2D eigenvalue weighted by atomic mass is 32.2. The number of allylic oxidation sites excluding steroid dienone is 1. The van der Waals surface area contributed by atoms with Crippen LogP contribution in [0.1, 0.15) is 19.8 Å². The summed E-state index contributed by atoms with van der Waals surface area (Å²) in [5, 5.41) is 14.2. The largest absolute Gasteiger partial charge is 0.463 e. The van der Waals surface area contributed by atoms with Gasteiger partial charge in [0.25, 0.3) is 0 Å². The first kappa shape index (κ1) is 13.6. The van der Waals surface area contributed by atoms with Gasteiger partial charge in [-0.3, -0.25) is 15.6 Å². The van der Waals surface area contributed by atoms with Crippen LogP contribution < -0.4 is 0 Å². The predicted octanol–water partition coefficient (Wildman–Crippen LogP) is 2.72. The van der Waals surface area contributed by atoms with E-state index in [0.29, 0.717) is 18.0 Å². The molecule has 15 heavy (non-hydrogen) atoms. The van der Waals surface area contributed by atoms with Crippen LogP contribution in [-0.2, 0) is 9.53 Å². The van der Waals surface area contributed by atoms with Gasteiger partial charge in [-0.05, 0) is 24.3 Å². The van der Waals surface area contributed by atoms with Gasteiger partial charge in [-0.2, -0.15) is 0 Å². The molecule has 0 aromatic rings. The normalized spacial score (nSPS) is 9.93. The van der Waals surface area contributed by atoms with Crippen molar-refractivity contribution < 1.29 is 9.53 Å². The van der Waals surface area contributed by atoms with E-state index in [2.05, 4.69) is 6.58 Å². The van der Waals surface area contributed by atoms with E-state index < -0.39 is 0 Å². The zero-order chi connectivity index (χ0) is 11.7. The molecule has 0 saturated heterocycles. The Labute approximate surface area is 93.4 Å². The number of rotatable bonds is 6. The SMILES string of the molecule is C=C(O/C=C\CCC)C(=N)SC(=N)C=O. The van der Waals surface area contributed by atoms with E-state index in [9.17, 15) is 4.79 Å². The number of unbranched alkanes of at least 4 members (excludes halogenated alkanes) is 1. The van der Waals surface area contributed by atoms with Crippen molar-refractivity contribution in [2.24, 2.45) is 0 Å².